The molecule has 20 heavy (non-hydrogen) atoms. The number of hydrogen-bond acceptors (Lipinski definition) is 3. The van der Waals surface area contributed by atoms with Crippen LogP contribution in [0.25, 0.3) is 0 Å². The van der Waals surface area contributed by atoms with Crippen LogP contribution in [0, 0.1) is 6.92 Å². The van der Waals surface area contributed by atoms with Crippen LogP contribution in [-0.4, -0.2) is 42.7 Å². The van der Waals surface area contributed by atoms with E-state index in [1.54, 1.807) is 11.0 Å². The third-order valence-electron chi connectivity index (χ3n) is 3.21. The highest BCUT2D eigenvalue weighted by atomic mass is 35.5. The second-order valence-corrected chi connectivity index (χ2v) is 5.69. The van der Waals surface area contributed by atoms with Gasteiger partial charge in [-0.3, -0.25) is 4.79 Å². The fourth-order valence-electron chi connectivity index (χ4n) is 2.33. The van der Waals surface area contributed by atoms with Crippen LogP contribution in [0.5, 0.6) is 5.75 Å². The van der Waals surface area contributed by atoms with Crippen LogP contribution < -0.4 is 4.74 Å². The quantitative estimate of drug-likeness (QED) is 0.861. The molecular weight excluding hydrogens is 278 g/mol. The minimum atomic E-state index is -0.0374. The zero-order valence-electron chi connectivity index (χ0n) is 12.1. The smallest absolute Gasteiger partial charge is 0.260 e. The van der Waals surface area contributed by atoms with Crippen molar-refractivity contribution in [2.45, 2.75) is 33.0 Å². The number of morpholine rings is 1. The number of hydrogen-bond donors (Lipinski definition) is 0. The van der Waals surface area contributed by atoms with E-state index in [1.165, 1.54) is 0 Å². The normalized spacial score (nSPS) is 22.7. The Morgan fingerprint density at radius 1 is 1.40 bits per heavy atom. The maximum absolute atomic E-state index is 12.2. The number of benzene rings is 1. The van der Waals surface area contributed by atoms with Gasteiger partial charge in [0.1, 0.15) is 5.75 Å². The summed E-state index contributed by atoms with van der Waals surface area (Å²) in [6, 6.07) is 5.51. The molecule has 1 saturated heterocycles. The van der Waals surface area contributed by atoms with E-state index in [2.05, 4.69) is 0 Å². The van der Waals surface area contributed by atoms with Gasteiger partial charge >= 0.3 is 0 Å². The molecule has 2 unspecified atom stereocenters. The predicted octanol–water partition coefficient (Wildman–Crippen LogP) is 2.66. The van der Waals surface area contributed by atoms with E-state index in [-0.39, 0.29) is 24.7 Å². The van der Waals surface area contributed by atoms with Crippen LogP contribution in [0.4, 0.5) is 0 Å². The number of aryl methyl sites for hydroxylation is 1. The molecule has 4 nitrogen and oxygen atoms in total. The molecule has 2 rings (SSSR count). The molecule has 0 aliphatic carbocycles. The lowest BCUT2D eigenvalue weighted by molar-refractivity contribution is -0.145. The molecule has 0 aromatic heterocycles. The van der Waals surface area contributed by atoms with Crippen molar-refractivity contribution in [3.05, 3.63) is 28.8 Å². The maximum atomic E-state index is 12.2. The Bertz CT molecular complexity index is 482. The molecule has 0 saturated carbocycles. The van der Waals surface area contributed by atoms with Crippen molar-refractivity contribution in [1.29, 1.82) is 0 Å². The Balaban J connectivity index is 1.93. The van der Waals surface area contributed by atoms with E-state index in [0.29, 0.717) is 23.9 Å². The SMILES string of the molecule is Cc1ccc(Cl)c(OCC(=O)N2CC(C)OC(C)C2)c1. The Labute approximate surface area is 124 Å². The van der Waals surface area contributed by atoms with Gasteiger partial charge in [0.2, 0.25) is 0 Å². The van der Waals surface area contributed by atoms with Gasteiger partial charge in [-0.05, 0) is 38.5 Å². The van der Waals surface area contributed by atoms with Crippen LogP contribution in [0.3, 0.4) is 0 Å². The lowest BCUT2D eigenvalue weighted by atomic mass is 10.2. The topological polar surface area (TPSA) is 38.8 Å². The van der Waals surface area contributed by atoms with E-state index < -0.39 is 0 Å². The minimum Gasteiger partial charge on any atom is -0.482 e. The van der Waals surface area contributed by atoms with Crippen LogP contribution in [-0.2, 0) is 9.53 Å². The number of halogens is 1. The summed E-state index contributed by atoms with van der Waals surface area (Å²) in [5, 5.41) is 0.520. The van der Waals surface area contributed by atoms with E-state index in [9.17, 15) is 4.79 Å². The van der Waals surface area contributed by atoms with Gasteiger partial charge in [0.05, 0.1) is 17.2 Å². The maximum Gasteiger partial charge on any atom is 0.260 e. The Morgan fingerprint density at radius 2 is 2.05 bits per heavy atom. The molecule has 5 heteroatoms. The average molecular weight is 298 g/mol. The monoisotopic (exact) mass is 297 g/mol. The zero-order valence-corrected chi connectivity index (χ0v) is 12.8. The van der Waals surface area contributed by atoms with Crippen molar-refractivity contribution in [2.24, 2.45) is 0 Å². The van der Waals surface area contributed by atoms with Gasteiger partial charge in [0, 0.05) is 13.1 Å². The summed E-state index contributed by atoms with van der Waals surface area (Å²) in [7, 11) is 0. The first kappa shape index (κ1) is 15.1. The van der Waals surface area contributed by atoms with Gasteiger partial charge in [-0.2, -0.15) is 0 Å². The van der Waals surface area contributed by atoms with Gasteiger partial charge in [0.25, 0.3) is 5.91 Å². The first-order valence-electron chi connectivity index (χ1n) is 6.78. The lowest BCUT2D eigenvalue weighted by Crippen LogP contribution is -2.49. The molecule has 1 heterocycles. The third kappa shape index (κ3) is 3.87. The number of carbonyl (C=O) groups is 1. The van der Waals surface area contributed by atoms with Gasteiger partial charge < -0.3 is 14.4 Å². The lowest BCUT2D eigenvalue weighted by Gasteiger charge is -2.35. The molecule has 1 fully saturated rings. The highest BCUT2D eigenvalue weighted by molar-refractivity contribution is 6.32. The summed E-state index contributed by atoms with van der Waals surface area (Å²) in [5.74, 6) is 0.513. The number of amides is 1. The standard InChI is InChI=1S/C15H20ClNO3/c1-10-4-5-13(16)14(6-10)19-9-15(18)17-7-11(2)20-12(3)8-17/h4-6,11-12H,7-9H2,1-3H3. The van der Waals surface area contributed by atoms with Crippen molar-refractivity contribution in [1.82, 2.24) is 4.90 Å². The molecule has 1 aromatic rings. The molecular formula is C15H20ClNO3. The molecule has 0 N–H and O–H groups in total. The summed E-state index contributed by atoms with van der Waals surface area (Å²) in [4.78, 5) is 13.9. The van der Waals surface area contributed by atoms with Crippen LogP contribution >= 0.6 is 11.6 Å². The van der Waals surface area contributed by atoms with Gasteiger partial charge in [-0.15, -0.1) is 0 Å². The van der Waals surface area contributed by atoms with Crippen LogP contribution in [0.15, 0.2) is 18.2 Å². The number of rotatable bonds is 3. The van der Waals surface area contributed by atoms with E-state index in [1.807, 2.05) is 32.9 Å². The van der Waals surface area contributed by atoms with E-state index in [4.69, 9.17) is 21.1 Å². The Morgan fingerprint density at radius 3 is 2.70 bits per heavy atom. The van der Waals surface area contributed by atoms with Crippen molar-refractivity contribution in [3.63, 3.8) is 0 Å². The fraction of sp³-hybridized carbons (Fsp3) is 0.533. The summed E-state index contributed by atoms with van der Waals surface area (Å²) in [6.07, 6.45) is 0.121. The first-order chi connectivity index (χ1) is 9.45. The molecule has 1 amide bonds. The molecule has 1 aromatic carbocycles. The minimum absolute atomic E-state index is 0.00259. The number of ether oxygens (including phenoxy) is 2. The Hall–Kier alpha value is -1.26. The zero-order chi connectivity index (χ0) is 14.7. The molecule has 0 bridgehead atoms. The van der Waals surface area contributed by atoms with Crippen molar-refractivity contribution in [3.8, 4) is 5.75 Å². The second kappa shape index (κ2) is 6.46. The summed E-state index contributed by atoms with van der Waals surface area (Å²) in [5.41, 5.74) is 1.05. The molecule has 0 spiro atoms. The van der Waals surface area contributed by atoms with Gasteiger partial charge in [-0.25, -0.2) is 0 Å². The highest BCUT2D eigenvalue weighted by Gasteiger charge is 2.26. The number of carbonyl (C=O) groups excluding carboxylic acids is 1. The molecule has 1 aliphatic heterocycles. The summed E-state index contributed by atoms with van der Waals surface area (Å²) < 4.78 is 11.1. The van der Waals surface area contributed by atoms with Crippen molar-refractivity contribution >= 4 is 17.5 Å². The molecule has 110 valence electrons. The number of nitrogens with zero attached hydrogens (tertiary/aromatic N) is 1. The average Bonchev–Trinajstić information content (AvgIpc) is 2.38. The predicted molar refractivity (Wildman–Crippen MR) is 78.3 cm³/mol. The second-order valence-electron chi connectivity index (χ2n) is 5.28. The molecule has 2 atom stereocenters. The van der Waals surface area contributed by atoms with Gasteiger partial charge in [0.15, 0.2) is 6.61 Å². The first-order valence-corrected chi connectivity index (χ1v) is 7.15. The Kier molecular flexibility index (Phi) is 4.89. The van der Waals surface area contributed by atoms with Crippen molar-refractivity contribution in [2.75, 3.05) is 19.7 Å². The summed E-state index contributed by atoms with van der Waals surface area (Å²) in [6.45, 7) is 7.10. The van der Waals surface area contributed by atoms with E-state index in [0.717, 1.165) is 5.56 Å². The van der Waals surface area contributed by atoms with Crippen molar-refractivity contribution < 1.29 is 14.3 Å². The third-order valence-corrected chi connectivity index (χ3v) is 3.52. The summed E-state index contributed by atoms with van der Waals surface area (Å²) >= 11 is 6.04. The molecule has 1 aliphatic rings. The fourth-order valence-corrected chi connectivity index (χ4v) is 2.51. The van der Waals surface area contributed by atoms with Crippen LogP contribution in [0.1, 0.15) is 19.4 Å². The van der Waals surface area contributed by atoms with Gasteiger partial charge in [-0.1, -0.05) is 17.7 Å². The highest BCUT2D eigenvalue weighted by Crippen LogP contribution is 2.25. The molecule has 0 radical (unpaired) electrons. The van der Waals surface area contributed by atoms with Crippen LogP contribution in [0.2, 0.25) is 5.02 Å². The largest absolute Gasteiger partial charge is 0.482 e. The van der Waals surface area contributed by atoms with E-state index >= 15 is 0 Å².